The van der Waals surface area contributed by atoms with Crippen molar-refractivity contribution in [2.45, 2.75) is 37.9 Å². The maximum Gasteiger partial charge on any atom is 0.191 e. The number of rotatable bonds is 6. The highest BCUT2D eigenvalue weighted by Crippen LogP contribution is 2.22. The molecule has 0 saturated carbocycles. The van der Waals surface area contributed by atoms with E-state index in [1.54, 1.807) is 11.8 Å². The summed E-state index contributed by atoms with van der Waals surface area (Å²) in [5.41, 5.74) is 8.80. The normalized spacial score (nSPS) is 12.6. The van der Waals surface area contributed by atoms with Gasteiger partial charge in [0, 0.05) is 18.8 Å². The third-order valence-corrected chi connectivity index (χ3v) is 4.53. The molecule has 1 atom stereocenters. The fourth-order valence-corrected chi connectivity index (χ4v) is 2.94. The van der Waals surface area contributed by atoms with Crippen LogP contribution >= 0.6 is 11.8 Å². The number of hydrogen-bond donors (Lipinski definition) is 1. The van der Waals surface area contributed by atoms with Crippen molar-refractivity contribution in [1.82, 2.24) is 14.8 Å². The van der Waals surface area contributed by atoms with Crippen LogP contribution in [0.1, 0.15) is 36.3 Å². The Morgan fingerprint density at radius 1 is 1.25 bits per heavy atom. The van der Waals surface area contributed by atoms with Crippen molar-refractivity contribution in [3.05, 3.63) is 41.2 Å². The van der Waals surface area contributed by atoms with E-state index < -0.39 is 0 Å². The Morgan fingerprint density at radius 2 is 1.95 bits per heavy atom. The van der Waals surface area contributed by atoms with Gasteiger partial charge in [0.25, 0.3) is 0 Å². The van der Waals surface area contributed by atoms with Gasteiger partial charge in [-0.3, -0.25) is 0 Å². The van der Waals surface area contributed by atoms with Crippen LogP contribution in [0.15, 0.2) is 29.4 Å². The predicted molar refractivity (Wildman–Crippen MR) is 83.8 cm³/mol. The van der Waals surface area contributed by atoms with E-state index in [9.17, 15) is 0 Å². The van der Waals surface area contributed by atoms with Crippen molar-refractivity contribution >= 4 is 11.8 Å². The molecule has 0 aliphatic carbocycles. The molecular formula is C15H22N4S. The van der Waals surface area contributed by atoms with Crippen molar-refractivity contribution in [3.63, 3.8) is 0 Å². The van der Waals surface area contributed by atoms with E-state index in [1.165, 1.54) is 17.5 Å². The zero-order valence-corrected chi connectivity index (χ0v) is 13.2. The van der Waals surface area contributed by atoms with E-state index in [0.29, 0.717) is 0 Å². The van der Waals surface area contributed by atoms with Gasteiger partial charge in [-0.15, -0.1) is 10.2 Å². The van der Waals surface area contributed by atoms with Crippen molar-refractivity contribution < 1.29 is 0 Å². The summed E-state index contributed by atoms with van der Waals surface area (Å²) < 4.78 is 1.99. The lowest BCUT2D eigenvalue weighted by Gasteiger charge is -2.12. The van der Waals surface area contributed by atoms with Crippen molar-refractivity contribution in [2.75, 3.05) is 5.75 Å². The van der Waals surface area contributed by atoms with E-state index in [0.717, 1.165) is 23.2 Å². The molecule has 0 saturated heterocycles. The third kappa shape index (κ3) is 3.61. The summed E-state index contributed by atoms with van der Waals surface area (Å²) in [4.78, 5) is 0. The molecule has 0 amide bonds. The maximum absolute atomic E-state index is 6.25. The molecule has 1 heterocycles. The second-order valence-corrected chi connectivity index (χ2v) is 5.99. The smallest absolute Gasteiger partial charge is 0.191 e. The van der Waals surface area contributed by atoms with Crippen LogP contribution in [0.3, 0.4) is 0 Å². The molecule has 2 N–H and O–H groups in total. The molecule has 4 nitrogen and oxygen atoms in total. The second kappa shape index (κ2) is 6.90. The molecule has 1 aromatic carbocycles. The predicted octanol–water partition coefficient (Wildman–Crippen LogP) is 2.87. The van der Waals surface area contributed by atoms with Gasteiger partial charge in [0.05, 0.1) is 0 Å². The van der Waals surface area contributed by atoms with E-state index in [4.69, 9.17) is 5.73 Å². The fourth-order valence-electron chi connectivity index (χ4n) is 1.99. The quantitative estimate of drug-likeness (QED) is 0.831. The van der Waals surface area contributed by atoms with Gasteiger partial charge in [0.1, 0.15) is 5.82 Å². The minimum Gasteiger partial charge on any atom is -0.323 e. The molecule has 20 heavy (non-hydrogen) atoms. The molecular weight excluding hydrogens is 268 g/mol. The molecule has 108 valence electrons. The van der Waals surface area contributed by atoms with Crippen LogP contribution < -0.4 is 5.73 Å². The van der Waals surface area contributed by atoms with Gasteiger partial charge < -0.3 is 10.3 Å². The first-order valence-corrected chi connectivity index (χ1v) is 7.93. The van der Waals surface area contributed by atoms with Crippen LogP contribution in [0.2, 0.25) is 0 Å². The van der Waals surface area contributed by atoms with Crippen LogP contribution in [-0.4, -0.2) is 20.5 Å². The minimum atomic E-state index is 0.0210. The van der Waals surface area contributed by atoms with Gasteiger partial charge in [0.2, 0.25) is 0 Å². The maximum atomic E-state index is 6.25. The lowest BCUT2D eigenvalue weighted by atomic mass is 10.0. The Bertz CT molecular complexity index is 548. The molecule has 0 radical (unpaired) electrons. The van der Waals surface area contributed by atoms with E-state index in [-0.39, 0.29) is 6.04 Å². The van der Waals surface area contributed by atoms with Crippen molar-refractivity contribution in [1.29, 1.82) is 0 Å². The SMILES string of the molecule is CCCc1ccc(C(N)CSc2nnc(C)n2C)cc1. The summed E-state index contributed by atoms with van der Waals surface area (Å²) in [5.74, 6) is 1.73. The largest absolute Gasteiger partial charge is 0.323 e. The van der Waals surface area contributed by atoms with E-state index >= 15 is 0 Å². The summed E-state index contributed by atoms with van der Waals surface area (Å²) in [6.07, 6.45) is 2.30. The Labute approximate surface area is 124 Å². The van der Waals surface area contributed by atoms with Crippen LogP contribution in [-0.2, 0) is 13.5 Å². The van der Waals surface area contributed by atoms with Crippen LogP contribution in [0, 0.1) is 6.92 Å². The molecule has 0 fully saturated rings. The monoisotopic (exact) mass is 290 g/mol. The zero-order valence-electron chi connectivity index (χ0n) is 12.3. The van der Waals surface area contributed by atoms with Gasteiger partial charge in [0.15, 0.2) is 5.16 Å². The summed E-state index contributed by atoms with van der Waals surface area (Å²) in [5, 5.41) is 9.11. The summed E-state index contributed by atoms with van der Waals surface area (Å²) in [6, 6.07) is 8.65. The number of hydrogen-bond acceptors (Lipinski definition) is 4. The molecule has 0 aliphatic rings. The first-order valence-electron chi connectivity index (χ1n) is 6.95. The average Bonchev–Trinajstić information content (AvgIpc) is 2.77. The number of nitrogens with zero attached hydrogens (tertiary/aromatic N) is 3. The number of nitrogens with two attached hydrogens (primary N) is 1. The fraction of sp³-hybridized carbons (Fsp3) is 0.467. The summed E-state index contributed by atoms with van der Waals surface area (Å²) >= 11 is 1.65. The lowest BCUT2D eigenvalue weighted by Crippen LogP contribution is -2.13. The molecule has 1 unspecified atom stereocenters. The summed E-state index contributed by atoms with van der Waals surface area (Å²) in [6.45, 7) is 4.14. The second-order valence-electron chi connectivity index (χ2n) is 5.00. The standard InChI is InChI=1S/C15H22N4S/c1-4-5-12-6-8-13(9-7-12)14(16)10-20-15-18-17-11(2)19(15)3/h6-9,14H,4-5,10,16H2,1-3H3. The molecule has 0 bridgehead atoms. The topological polar surface area (TPSA) is 56.7 Å². The van der Waals surface area contributed by atoms with Gasteiger partial charge in [-0.05, 0) is 24.5 Å². The minimum absolute atomic E-state index is 0.0210. The van der Waals surface area contributed by atoms with Crippen molar-refractivity contribution in [2.24, 2.45) is 12.8 Å². The van der Waals surface area contributed by atoms with Gasteiger partial charge in [-0.1, -0.05) is 49.4 Å². The molecule has 0 spiro atoms. The van der Waals surface area contributed by atoms with Crippen LogP contribution in [0.25, 0.3) is 0 Å². The highest BCUT2D eigenvalue weighted by molar-refractivity contribution is 7.99. The Kier molecular flexibility index (Phi) is 5.20. The summed E-state index contributed by atoms with van der Waals surface area (Å²) in [7, 11) is 1.97. The average molecular weight is 290 g/mol. The number of aryl methyl sites for hydroxylation is 2. The van der Waals surface area contributed by atoms with Crippen LogP contribution in [0.5, 0.6) is 0 Å². The van der Waals surface area contributed by atoms with Crippen LogP contribution in [0.4, 0.5) is 0 Å². The Hall–Kier alpha value is -1.33. The Balaban J connectivity index is 1.94. The Morgan fingerprint density at radius 3 is 2.50 bits per heavy atom. The van der Waals surface area contributed by atoms with Gasteiger partial charge >= 0.3 is 0 Å². The first-order chi connectivity index (χ1) is 9.61. The highest BCUT2D eigenvalue weighted by Gasteiger charge is 2.10. The number of aromatic nitrogens is 3. The molecule has 0 aliphatic heterocycles. The van der Waals surface area contributed by atoms with Crippen molar-refractivity contribution in [3.8, 4) is 0 Å². The first kappa shape index (κ1) is 15.1. The molecule has 5 heteroatoms. The lowest BCUT2D eigenvalue weighted by molar-refractivity contribution is 0.759. The van der Waals surface area contributed by atoms with E-state index in [1.807, 2.05) is 18.5 Å². The van der Waals surface area contributed by atoms with Gasteiger partial charge in [-0.25, -0.2) is 0 Å². The van der Waals surface area contributed by atoms with Gasteiger partial charge in [-0.2, -0.15) is 0 Å². The molecule has 2 aromatic rings. The molecule has 2 rings (SSSR count). The number of benzene rings is 1. The third-order valence-electron chi connectivity index (χ3n) is 3.39. The molecule has 1 aromatic heterocycles. The van der Waals surface area contributed by atoms with E-state index in [2.05, 4.69) is 41.4 Å². The zero-order chi connectivity index (χ0) is 14.5. The highest BCUT2D eigenvalue weighted by atomic mass is 32.2. The number of thioether (sulfide) groups is 1.